The van der Waals surface area contributed by atoms with E-state index in [0.717, 1.165) is 19.1 Å². The van der Waals surface area contributed by atoms with Crippen LogP contribution in [0.5, 0.6) is 5.75 Å². The molecule has 2 saturated heterocycles. The number of cyclic esters (lactones) is 1. The van der Waals surface area contributed by atoms with Crippen LogP contribution in [0.25, 0.3) is 0 Å². The maximum atomic E-state index is 16.3. The number of carbonyl (C=O) groups excluding carboxylic acids is 6. The van der Waals surface area contributed by atoms with Gasteiger partial charge in [0.1, 0.15) is 29.9 Å². The van der Waals surface area contributed by atoms with E-state index in [1.165, 1.54) is 37.4 Å². The fraction of sp³-hybridized carbons (Fsp3) is 0.283. The number of aliphatic hydroxyl groups excluding tert-OH is 1. The zero-order chi connectivity index (χ0) is 48.8. The molecule has 354 valence electrons. The van der Waals surface area contributed by atoms with E-state index in [9.17, 15) is 24.6 Å². The molecule has 5 aromatic carbocycles. The van der Waals surface area contributed by atoms with Gasteiger partial charge in [0.25, 0.3) is 0 Å². The largest absolute Gasteiger partial charge is 0.508 e. The summed E-state index contributed by atoms with van der Waals surface area (Å²) in [4.78, 5) is 89.4. The molecule has 0 aromatic heterocycles. The number of rotatable bonds is 13. The molecule has 0 aliphatic carbocycles. The smallest absolute Gasteiger partial charge is 0.421 e. The molecular formula is C53H49N3O13. The van der Waals surface area contributed by atoms with E-state index in [2.05, 4.69) is 17.2 Å². The average Bonchev–Trinajstić information content (AvgIpc) is 3.83. The van der Waals surface area contributed by atoms with E-state index in [1.807, 2.05) is 48.5 Å². The fourth-order valence-corrected chi connectivity index (χ4v) is 9.80. The molecule has 3 aliphatic rings. The molecule has 3 amide bonds. The van der Waals surface area contributed by atoms with Gasteiger partial charge >= 0.3 is 24.0 Å². The number of carbonyl (C=O) groups is 6. The van der Waals surface area contributed by atoms with Gasteiger partial charge in [-0.2, -0.15) is 0 Å². The monoisotopic (exact) mass is 935 g/mol. The predicted octanol–water partition coefficient (Wildman–Crippen LogP) is 5.39. The number of aliphatic hydroxyl groups is 1. The summed E-state index contributed by atoms with van der Waals surface area (Å²) < 4.78 is 26.9. The lowest BCUT2D eigenvalue weighted by Crippen LogP contribution is -2.56. The molecule has 0 radical (unpaired) electrons. The summed E-state index contributed by atoms with van der Waals surface area (Å²) >= 11 is 0. The van der Waals surface area contributed by atoms with Crippen molar-refractivity contribution in [3.63, 3.8) is 0 Å². The van der Waals surface area contributed by atoms with Gasteiger partial charge in [-0.15, -0.1) is 0 Å². The number of morpholine rings is 1. The second kappa shape index (κ2) is 20.6. The van der Waals surface area contributed by atoms with E-state index in [1.54, 1.807) is 59.5 Å². The van der Waals surface area contributed by atoms with Gasteiger partial charge in [-0.05, 0) is 58.1 Å². The number of esters is 3. The van der Waals surface area contributed by atoms with Crippen molar-refractivity contribution in [2.75, 3.05) is 46.0 Å². The van der Waals surface area contributed by atoms with Gasteiger partial charge in [-0.1, -0.05) is 115 Å². The fourth-order valence-electron chi connectivity index (χ4n) is 9.80. The summed E-state index contributed by atoms with van der Waals surface area (Å²) in [6.07, 6.45) is -3.62. The maximum Gasteiger partial charge on any atom is 0.421 e. The van der Waals surface area contributed by atoms with Crippen molar-refractivity contribution in [1.29, 1.82) is 0 Å². The first-order valence-electron chi connectivity index (χ1n) is 22.1. The van der Waals surface area contributed by atoms with Crippen molar-refractivity contribution in [1.82, 2.24) is 10.2 Å². The Morgan fingerprint density at radius 2 is 1.39 bits per heavy atom. The van der Waals surface area contributed by atoms with Gasteiger partial charge in [0.05, 0.1) is 50.6 Å². The number of methoxy groups -OCH3 is 3. The summed E-state index contributed by atoms with van der Waals surface area (Å²) in [6.45, 7) is -0.595. The lowest BCUT2D eigenvalue weighted by Gasteiger charge is -2.46. The standard InChI is InChI=1S/C53H49N3O13/c1-65-28-29-68-52(64)55-40-27-22-32(14-13-21-38(48(60)66-2)49(61)67-3)30-39(40)53(51(55)63)42(47(59)54-31-41(58)33-15-7-4-8-16-33)44-50(62)69-45(35-19-11-6-12-20-35)43(34-17-9-5-10-18-34)56(44)46(53)36-23-25-37(57)26-24-36/h4-12,15-20,22-27,30,38,41-46,57-58H,21,28-29,31H2,1-3H3,(H,54,59)/t41-,42-,43-,44-,45+,46+,53-/m0/s1. The number of hydrogen-bond donors (Lipinski definition) is 3. The highest BCUT2D eigenvalue weighted by atomic mass is 16.6. The van der Waals surface area contributed by atoms with Crippen molar-refractivity contribution in [3.05, 3.63) is 167 Å². The molecule has 2 fully saturated rings. The van der Waals surface area contributed by atoms with Crippen LogP contribution in [0.3, 0.4) is 0 Å². The zero-order valence-corrected chi connectivity index (χ0v) is 37.9. The molecule has 1 spiro atoms. The van der Waals surface area contributed by atoms with Crippen molar-refractivity contribution >= 4 is 41.5 Å². The lowest BCUT2D eigenvalue weighted by molar-refractivity contribution is -0.178. The summed E-state index contributed by atoms with van der Waals surface area (Å²) in [7, 11) is 3.67. The number of imide groups is 1. The minimum atomic E-state index is -2.21. The van der Waals surface area contributed by atoms with Crippen LogP contribution < -0.4 is 10.2 Å². The first-order chi connectivity index (χ1) is 33.5. The molecule has 3 N–H and O–H groups in total. The van der Waals surface area contributed by atoms with Crippen molar-refractivity contribution in [2.24, 2.45) is 11.8 Å². The highest BCUT2D eigenvalue weighted by Gasteiger charge is 2.75. The first-order valence-corrected chi connectivity index (χ1v) is 22.1. The van der Waals surface area contributed by atoms with Gasteiger partial charge in [-0.25, -0.2) is 9.69 Å². The van der Waals surface area contributed by atoms with Gasteiger partial charge in [0, 0.05) is 25.6 Å². The highest BCUT2D eigenvalue weighted by molar-refractivity contribution is 6.23. The molecule has 5 aromatic rings. The van der Waals surface area contributed by atoms with Crippen LogP contribution in [0.2, 0.25) is 0 Å². The number of nitrogens with zero attached hydrogens (tertiary/aromatic N) is 2. The molecule has 0 bridgehead atoms. The Bertz CT molecular complexity index is 2760. The number of aromatic hydroxyl groups is 1. The molecule has 0 saturated carbocycles. The van der Waals surface area contributed by atoms with Gasteiger partial charge in [-0.3, -0.25) is 28.9 Å². The number of hydrogen-bond acceptors (Lipinski definition) is 14. The summed E-state index contributed by atoms with van der Waals surface area (Å²) in [6, 6.07) is 33.7. The van der Waals surface area contributed by atoms with Crippen LogP contribution in [0, 0.1) is 23.7 Å². The molecule has 0 unspecified atom stereocenters. The number of phenolic OH excluding ortho intramolecular Hbond substituents is 1. The Morgan fingerprint density at radius 3 is 2.01 bits per heavy atom. The number of anilines is 1. The van der Waals surface area contributed by atoms with Crippen molar-refractivity contribution in [2.45, 2.75) is 42.2 Å². The number of nitrogens with one attached hydrogen (secondary N) is 1. The molecular weight excluding hydrogens is 887 g/mol. The van der Waals surface area contributed by atoms with Crippen molar-refractivity contribution < 1.29 is 62.7 Å². The van der Waals surface area contributed by atoms with Crippen LogP contribution in [-0.2, 0) is 53.1 Å². The molecule has 7 atom stereocenters. The zero-order valence-electron chi connectivity index (χ0n) is 37.9. The minimum Gasteiger partial charge on any atom is -0.508 e. The number of phenols is 1. The maximum absolute atomic E-state index is 16.3. The SMILES string of the molecule is COCCOC(=O)N1C(=O)[C@@]2(c3cc(C#CCC(C(=O)OC)C(=O)OC)ccc31)[C@H](C(=O)NC[C@H](O)c1ccccc1)[C@H]1C(=O)O[C@H](c3ccccc3)[C@H](c3ccccc3)N1[C@@H]2c1ccc(O)cc1. The lowest BCUT2D eigenvalue weighted by atomic mass is 9.65. The van der Waals surface area contributed by atoms with Crippen LogP contribution in [0.4, 0.5) is 10.5 Å². The first kappa shape index (κ1) is 47.6. The molecule has 3 heterocycles. The topological polar surface area (TPSA) is 208 Å². The van der Waals surface area contributed by atoms with Crippen LogP contribution in [-0.4, -0.2) is 98.1 Å². The van der Waals surface area contributed by atoms with E-state index < -0.39 is 83.4 Å². The average molecular weight is 936 g/mol. The van der Waals surface area contributed by atoms with E-state index >= 15 is 14.4 Å². The summed E-state index contributed by atoms with van der Waals surface area (Å²) in [5.41, 5.74) is 0.297. The molecule has 16 nitrogen and oxygen atoms in total. The Balaban J connectivity index is 1.41. The second-order valence-corrected chi connectivity index (χ2v) is 16.6. The minimum absolute atomic E-state index is 0.00926. The normalized spacial score (nSPS) is 21.9. The van der Waals surface area contributed by atoms with E-state index in [4.69, 9.17) is 23.7 Å². The van der Waals surface area contributed by atoms with E-state index in [-0.39, 0.29) is 48.7 Å². The molecule has 3 aliphatic heterocycles. The quantitative estimate of drug-likeness (QED) is 0.0445. The highest BCUT2D eigenvalue weighted by Crippen LogP contribution is 2.66. The Hall–Kier alpha value is -7.84. The van der Waals surface area contributed by atoms with Gasteiger partial charge in [0.2, 0.25) is 11.8 Å². The third kappa shape index (κ3) is 8.91. The number of ether oxygens (including phenoxy) is 5. The van der Waals surface area contributed by atoms with Crippen molar-refractivity contribution in [3.8, 4) is 17.6 Å². The molecule has 69 heavy (non-hydrogen) atoms. The number of fused-ring (bicyclic) bond motifs is 3. The summed E-state index contributed by atoms with van der Waals surface area (Å²) in [5.74, 6) is -1.70. The van der Waals surface area contributed by atoms with Crippen LogP contribution in [0.15, 0.2) is 133 Å². The number of amides is 3. The Labute approximate surface area is 397 Å². The third-order valence-corrected chi connectivity index (χ3v) is 12.8. The second-order valence-electron chi connectivity index (χ2n) is 16.6. The van der Waals surface area contributed by atoms with Gasteiger partial charge < -0.3 is 39.2 Å². The Morgan fingerprint density at radius 1 is 0.768 bits per heavy atom. The third-order valence-electron chi connectivity index (χ3n) is 12.8. The Kier molecular flexibility index (Phi) is 14.2. The molecule has 8 rings (SSSR count). The van der Waals surface area contributed by atoms with Crippen LogP contribution in [0.1, 0.15) is 64.1 Å². The predicted molar refractivity (Wildman–Crippen MR) is 247 cm³/mol. The molecule has 16 heteroatoms. The van der Waals surface area contributed by atoms with Crippen LogP contribution >= 0.6 is 0 Å². The number of benzene rings is 5. The van der Waals surface area contributed by atoms with E-state index in [0.29, 0.717) is 22.3 Å². The van der Waals surface area contributed by atoms with Gasteiger partial charge in [0.15, 0.2) is 5.92 Å². The summed E-state index contributed by atoms with van der Waals surface area (Å²) in [5, 5.41) is 24.9.